The van der Waals surface area contributed by atoms with Gasteiger partial charge in [0.05, 0.1) is 0 Å². The standard InChI is InChI=1S/C12H13NO4S2/c1-2-7-13-19(16,17)11-8-5-3-4-6-9(8)18-10(11)12(14)15/h3-6,13H,2,7H2,1H3,(H,14,15). The van der Waals surface area contributed by atoms with Gasteiger partial charge in [0.1, 0.15) is 9.77 Å². The van der Waals surface area contributed by atoms with Crippen LogP contribution in [0.1, 0.15) is 23.0 Å². The molecule has 0 saturated carbocycles. The molecule has 2 N–H and O–H groups in total. The van der Waals surface area contributed by atoms with Crippen LogP contribution in [0.2, 0.25) is 0 Å². The number of hydrogen-bond donors (Lipinski definition) is 2. The average Bonchev–Trinajstić information content (AvgIpc) is 2.76. The van der Waals surface area contributed by atoms with Crippen molar-refractivity contribution in [3.05, 3.63) is 29.1 Å². The van der Waals surface area contributed by atoms with Crippen molar-refractivity contribution in [2.45, 2.75) is 18.2 Å². The Morgan fingerprint density at radius 3 is 2.68 bits per heavy atom. The molecule has 102 valence electrons. The second-order valence-corrected chi connectivity index (χ2v) is 6.72. The number of fused-ring (bicyclic) bond motifs is 1. The van der Waals surface area contributed by atoms with Crippen molar-refractivity contribution < 1.29 is 18.3 Å². The van der Waals surface area contributed by atoms with E-state index in [0.717, 1.165) is 11.3 Å². The van der Waals surface area contributed by atoms with Gasteiger partial charge in [-0.05, 0) is 12.5 Å². The zero-order valence-corrected chi connectivity index (χ0v) is 11.8. The van der Waals surface area contributed by atoms with Crippen LogP contribution in [-0.4, -0.2) is 26.0 Å². The number of sulfonamides is 1. The van der Waals surface area contributed by atoms with Crippen molar-refractivity contribution in [3.8, 4) is 0 Å². The number of rotatable bonds is 5. The number of thiophene rings is 1. The summed E-state index contributed by atoms with van der Waals surface area (Å²) in [6.45, 7) is 2.12. The van der Waals surface area contributed by atoms with Crippen LogP contribution in [0.25, 0.3) is 10.1 Å². The summed E-state index contributed by atoms with van der Waals surface area (Å²) in [6, 6.07) is 6.78. The Morgan fingerprint density at radius 2 is 2.05 bits per heavy atom. The highest BCUT2D eigenvalue weighted by atomic mass is 32.2. The highest BCUT2D eigenvalue weighted by molar-refractivity contribution is 7.90. The van der Waals surface area contributed by atoms with Gasteiger partial charge >= 0.3 is 5.97 Å². The summed E-state index contributed by atoms with van der Waals surface area (Å²) in [7, 11) is -3.80. The van der Waals surface area contributed by atoms with E-state index in [-0.39, 0.29) is 16.3 Å². The van der Waals surface area contributed by atoms with Crippen LogP contribution >= 0.6 is 11.3 Å². The predicted molar refractivity (Wildman–Crippen MR) is 74.3 cm³/mol. The maximum Gasteiger partial charge on any atom is 0.347 e. The Hall–Kier alpha value is -1.44. The summed E-state index contributed by atoms with van der Waals surface area (Å²) >= 11 is 0.974. The molecule has 0 aliphatic rings. The van der Waals surface area contributed by atoms with Gasteiger partial charge in [0, 0.05) is 16.6 Å². The molecule has 19 heavy (non-hydrogen) atoms. The minimum absolute atomic E-state index is 0.131. The van der Waals surface area contributed by atoms with Gasteiger partial charge in [-0.15, -0.1) is 11.3 Å². The minimum atomic E-state index is -3.80. The number of carboxylic acids is 1. The topological polar surface area (TPSA) is 83.5 Å². The molecule has 1 aromatic heterocycles. The number of carboxylic acid groups (broad SMARTS) is 1. The third kappa shape index (κ3) is 2.63. The van der Waals surface area contributed by atoms with Gasteiger partial charge < -0.3 is 5.11 Å². The SMILES string of the molecule is CCCNS(=O)(=O)c1c(C(=O)O)sc2ccccc12. The van der Waals surface area contributed by atoms with Gasteiger partial charge in [0.2, 0.25) is 10.0 Å². The molecule has 0 fully saturated rings. The first-order valence-electron chi connectivity index (χ1n) is 5.72. The van der Waals surface area contributed by atoms with E-state index in [1.165, 1.54) is 0 Å². The van der Waals surface area contributed by atoms with Crippen LogP contribution in [0.3, 0.4) is 0 Å². The molecule has 1 aromatic carbocycles. The lowest BCUT2D eigenvalue weighted by Gasteiger charge is -2.05. The maximum absolute atomic E-state index is 12.2. The van der Waals surface area contributed by atoms with E-state index in [2.05, 4.69) is 4.72 Å². The monoisotopic (exact) mass is 299 g/mol. The molecule has 0 atom stereocenters. The second-order valence-electron chi connectivity index (χ2n) is 3.96. The van der Waals surface area contributed by atoms with E-state index in [1.54, 1.807) is 24.3 Å². The molecule has 0 saturated heterocycles. The van der Waals surface area contributed by atoms with Crippen molar-refractivity contribution in [3.63, 3.8) is 0 Å². The van der Waals surface area contributed by atoms with Gasteiger partial charge in [-0.1, -0.05) is 25.1 Å². The number of benzene rings is 1. The van der Waals surface area contributed by atoms with E-state index < -0.39 is 16.0 Å². The van der Waals surface area contributed by atoms with Crippen LogP contribution in [0, 0.1) is 0 Å². The third-order valence-electron chi connectivity index (χ3n) is 2.55. The van der Waals surface area contributed by atoms with Crippen molar-refractivity contribution in [2.24, 2.45) is 0 Å². The molecule has 0 bridgehead atoms. The molecule has 0 unspecified atom stereocenters. The lowest BCUT2D eigenvalue weighted by Crippen LogP contribution is -2.25. The Bertz CT molecular complexity index is 718. The largest absolute Gasteiger partial charge is 0.477 e. The Morgan fingerprint density at radius 1 is 1.37 bits per heavy atom. The number of carbonyl (C=O) groups is 1. The van der Waals surface area contributed by atoms with Crippen LogP contribution < -0.4 is 4.72 Å². The summed E-state index contributed by atoms with van der Waals surface area (Å²) in [4.78, 5) is 11.0. The molecule has 2 rings (SSSR count). The lowest BCUT2D eigenvalue weighted by molar-refractivity contribution is 0.0698. The van der Waals surface area contributed by atoms with Crippen molar-refractivity contribution in [2.75, 3.05) is 6.54 Å². The molecule has 5 nitrogen and oxygen atoms in total. The highest BCUT2D eigenvalue weighted by Gasteiger charge is 2.27. The summed E-state index contributed by atoms with van der Waals surface area (Å²) < 4.78 is 27.5. The van der Waals surface area contributed by atoms with E-state index in [0.29, 0.717) is 16.5 Å². The average molecular weight is 299 g/mol. The molecule has 7 heteroatoms. The van der Waals surface area contributed by atoms with E-state index in [1.807, 2.05) is 6.92 Å². The quantitative estimate of drug-likeness (QED) is 0.887. The number of aromatic carboxylic acids is 1. The van der Waals surface area contributed by atoms with E-state index in [9.17, 15) is 18.3 Å². The number of hydrogen-bond acceptors (Lipinski definition) is 4. The van der Waals surface area contributed by atoms with E-state index in [4.69, 9.17) is 0 Å². The highest BCUT2D eigenvalue weighted by Crippen LogP contribution is 2.34. The molecule has 0 aliphatic heterocycles. The van der Waals surface area contributed by atoms with Gasteiger partial charge in [-0.2, -0.15) is 0 Å². The van der Waals surface area contributed by atoms with Crippen molar-refractivity contribution >= 4 is 37.4 Å². The lowest BCUT2D eigenvalue weighted by atomic mass is 10.2. The third-order valence-corrected chi connectivity index (χ3v) is 5.39. The Labute approximate surface area is 114 Å². The van der Waals surface area contributed by atoms with Gasteiger partial charge in [-0.3, -0.25) is 0 Å². The van der Waals surface area contributed by atoms with Crippen molar-refractivity contribution in [1.29, 1.82) is 0 Å². The molecule has 0 radical (unpaired) electrons. The summed E-state index contributed by atoms with van der Waals surface area (Å²) in [5.41, 5.74) is 0. The summed E-state index contributed by atoms with van der Waals surface area (Å²) in [5, 5.41) is 9.63. The van der Waals surface area contributed by atoms with Crippen LogP contribution in [0.15, 0.2) is 29.2 Å². The maximum atomic E-state index is 12.2. The zero-order chi connectivity index (χ0) is 14.0. The fourth-order valence-electron chi connectivity index (χ4n) is 1.74. The zero-order valence-electron chi connectivity index (χ0n) is 10.2. The van der Waals surface area contributed by atoms with Gasteiger partial charge in [0.25, 0.3) is 0 Å². The molecule has 0 spiro atoms. The molecular weight excluding hydrogens is 286 g/mol. The normalized spacial score (nSPS) is 11.8. The molecule has 2 aromatic rings. The smallest absolute Gasteiger partial charge is 0.347 e. The fraction of sp³-hybridized carbons (Fsp3) is 0.250. The fourth-order valence-corrected chi connectivity index (χ4v) is 4.61. The Kier molecular flexibility index (Phi) is 3.88. The molecule has 1 heterocycles. The Balaban J connectivity index is 2.69. The number of nitrogens with one attached hydrogen (secondary N) is 1. The first kappa shape index (κ1) is 14.0. The van der Waals surface area contributed by atoms with Gasteiger partial charge in [0.15, 0.2) is 0 Å². The van der Waals surface area contributed by atoms with Crippen LogP contribution in [-0.2, 0) is 10.0 Å². The molecular formula is C12H13NO4S2. The van der Waals surface area contributed by atoms with Crippen molar-refractivity contribution in [1.82, 2.24) is 4.72 Å². The molecule has 0 amide bonds. The first-order valence-corrected chi connectivity index (χ1v) is 8.02. The summed E-state index contributed by atoms with van der Waals surface area (Å²) in [6.07, 6.45) is 0.643. The summed E-state index contributed by atoms with van der Waals surface area (Å²) in [5.74, 6) is -1.22. The van der Waals surface area contributed by atoms with Crippen LogP contribution in [0.5, 0.6) is 0 Å². The second kappa shape index (κ2) is 5.28. The minimum Gasteiger partial charge on any atom is -0.477 e. The molecule has 0 aliphatic carbocycles. The van der Waals surface area contributed by atoms with Crippen LogP contribution in [0.4, 0.5) is 0 Å². The van der Waals surface area contributed by atoms with Gasteiger partial charge in [-0.25, -0.2) is 17.9 Å². The predicted octanol–water partition coefficient (Wildman–Crippen LogP) is 2.29. The van der Waals surface area contributed by atoms with E-state index >= 15 is 0 Å². The first-order chi connectivity index (χ1) is 8.97.